The van der Waals surface area contributed by atoms with Gasteiger partial charge in [-0.25, -0.2) is 8.78 Å². The lowest BCUT2D eigenvalue weighted by molar-refractivity contribution is -0.127. The van der Waals surface area contributed by atoms with E-state index in [2.05, 4.69) is 33.7 Å². The highest BCUT2D eigenvalue weighted by Gasteiger charge is 2.53. The summed E-state index contributed by atoms with van der Waals surface area (Å²) in [5, 5.41) is 17.0. The molecule has 1 heterocycles. The number of fused-ring (bicyclic) bond motifs is 3. The molecule has 3 atom stereocenters. The van der Waals surface area contributed by atoms with Crippen LogP contribution in [0.5, 0.6) is 0 Å². The van der Waals surface area contributed by atoms with Gasteiger partial charge in [0.1, 0.15) is 5.72 Å². The first-order chi connectivity index (χ1) is 18.6. The van der Waals surface area contributed by atoms with Crippen molar-refractivity contribution in [1.29, 1.82) is 0 Å². The van der Waals surface area contributed by atoms with Gasteiger partial charge in [0.2, 0.25) is 5.91 Å². The van der Waals surface area contributed by atoms with Crippen LogP contribution in [0.2, 0.25) is 0 Å². The molecule has 0 spiro atoms. The van der Waals surface area contributed by atoms with Gasteiger partial charge >= 0.3 is 0 Å². The minimum absolute atomic E-state index is 0.214. The van der Waals surface area contributed by atoms with Gasteiger partial charge in [0.05, 0.1) is 12.0 Å². The summed E-state index contributed by atoms with van der Waals surface area (Å²) < 4.78 is 27.5. The smallest absolute Gasteiger partial charge is 0.262 e. The molecule has 216 valence electrons. The van der Waals surface area contributed by atoms with Crippen LogP contribution < -0.4 is 10.6 Å². The Balaban J connectivity index is 1.21. The van der Waals surface area contributed by atoms with Crippen molar-refractivity contribution in [2.24, 2.45) is 5.92 Å². The van der Waals surface area contributed by atoms with E-state index >= 15 is 0 Å². The fraction of sp³-hybridized carbons (Fsp3) is 0.719. The second-order valence-corrected chi connectivity index (χ2v) is 12.9. The largest absolute Gasteiger partial charge is 0.376 e. The van der Waals surface area contributed by atoms with Gasteiger partial charge in [0.15, 0.2) is 0 Å². The third kappa shape index (κ3) is 6.11. The van der Waals surface area contributed by atoms with Crippen molar-refractivity contribution in [1.82, 2.24) is 15.5 Å². The number of benzene rings is 1. The van der Waals surface area contributed by atoms with Crippen LogP contribution in [-0.2, 0) is 10.2 Å². The van der Waals surface area contributed by atoms with Crippen molar-refractivity contribution in [3.05, 3.63) is 47.0 Å². The molecule has 1 aliphatic heterocycles. The van der Waals surface area contributed by atoms with E-state index in [0.717, 1.165) is 95.5 Å². The summed E-state index contributed by atoms with van der Waals surface area (Å²) in [7, 11) is 0. The lowest BCUT2D eigenvalue weighted by Gasteiger charge is -2.43. The van der Waals surface area contributed by atoms with Gasteiger partial charge in [-0.05, 0) is 101 Å². The molecule has 1 saturated heterocycles. The second kappa shape index (κ2) is 11.6. The first kappa shape index (κ1) is 28.7. The fourth-order valence-corrected chi connectivity index (χ4v) is 7.58. The van der Waals surface area contributed by atoms with Crippen LogP contribution in [0.25, 0.3) is 0 Å². The molecule has 1 aromatic carbocycles. The second-order valence-electron chi connectivity index (χ2n) is 12.9. The van der Waals surface area contributed by atoms with Gasteiger partial charge in [0.25, 0.3) is 5.92 Å². The van der Waals surface area contributed by atoms with Crippen molar-refractivity contribution >= 4 is 5.91 Å². The number of aliphatic hydroxyl groups is 1. The highest BCUT2D eigenvalue weighted by atomic mass is 19.3. The maximum atomic E-state index is 13.8. The van der Waals surface area contributed by atoms with Crippen LogP contribution in [0.1, 0.15) is 102 Å². The van der Waals surface area contributed by atoms with E-state index in [-0.39, 0.29) is 11.8 Å². The zero-order valence-corrected chi connectivity index (χ0v) is 23.8. The van der Waals surface area contributed by atoms with Crippen LogP contribution in [0.4, 0.5) is 8.78 Å². The summed E-state index contributed by atoms with van der Waals surface area (Å²) in [5.74, 6) is -2.62. The first-order valence-corrected chi connectivity index (χ1v) is 15.3. The van der Waals surface area contributed by atoms with E-state index in [4.69, 9.17) is 0 Å². The molecular weight excluding hydrogens is 496 g/mol. The monoisotopic (exact) mass is 543 g/mol. The SMILES string of the molecule is CC(F)(F)CNC(=O)C1(CCCCN2CCC(NC(C)(O)C3CCC3)CC2)C2=CCCCC2c2ccccc21. The van der Waals surface area contributed by atoms with E-state index < -0.39 is 23.6 Å². The number of unbranched alkanes of at least 4 members (excludes halogenated alkanes) is 1. The number of rotatable bonds is 11. The summed E-state index contributed by atoms with van der Waals surface area (Å²) in [6.07, 6.45) is 13.3. The van der Waals surface area contributed by atoms with Gasteiger partial charge in [-0.2, -0.15) is 0 Å². The number of carbonyl (C=O) groups is 1. The van der Waals surface area contributed by atoms with E-state index in [0.29, 0.717) is 18.4 Å². The highest BCUT2D eigenvalue weighted by molar-refractivity contribution is 5.94. The number of nitrogens with zero attached hydrogens (tertiary/aromatic N) is 1. The van der Waals surface area contributed by atoms with E-state index in [1.165, 1.54) is 12.0 Å². The topological polar surface area (TPSA) is 64.6 Å². The Bertz CT molecular complexity index is 1040. The Kier molecular flexibility index (Phi) is 8.52. The van der Waals surface area contributed by atoms with Crippen molar-refractivity contribution < 1.29 is 18.7 Å². The minimum Gasteiger partial charge on any atom is -0.376 e. The number of hydrogen-bond donors (Lipinski definition) is 3. The lowest BCUT2D eigenvalue weighted by atomic mass is 9.70. The summed E-state index contributed by atoms with van der Waals surface area (Å²) in [5.41, 5.74) is 1.75. The van der Waals surface area contributed by atoms with Crippen LogP contribution in [-0.4, -0.2) is 59.8 Å². The van der Waals surface area contributed by atoms with Crippen molar-refractivity contribution in [2.45, 2.75) is 113 Å². The number of carbonyl (C=O) groups excluding carboxylic acids is 1. The van der Waals surface area contributed by atoms with Gasteiger partial charge in [-0.1, -0.05) is 43.2 Å². The molecule has 4 aliphatic rings. The van der Waals surface area contributed by atoms with Crippen molar-refractivity contribution in [2.75, 3.05) is 26.2 Å². The van der Waals surface area contributed by atoms with E-state index in [9.17, 15) is 18.7 Å². The molecule has 3 aliphatic carbocycles. The Labute approximate surface area is 232 Å². The molecule has 1 saturated carbocycles. The maximum absolute atomic E-state index is 13.8. The third-order valence-electron chi connectivity index (χ3n) is 9.93. The summed E-state index contributed by atoms with van der Waals surface area (Å²) in [6, 6.07) is 8.54. The van der Waals surface area contributed by atoms with Gasteiger partial charge in [0, 0.05) is 24.8 Å². The number of piperidine rings is 1. The van der Waals surface area contributed by atoms with Gasteiger partial charge in [-0.3, -0.25) is 10.1 Å². The van der Waals surface area contributed by atoms with Crippen molar-refractivity contribution in [3.63, 3.8) is 0 Å². The molecule has 3 unspecified atom stereocenters. The fourth-order valence-electron chi connectivity index (χ4n) is 7.58. The number of halogens is 2. The molecule has 1 amide bonds. The summed E-state index contributed by atoms with van der Waals surface area (Å²) in [6.45, 7) is 5.14. The maximum Gasteiger partial charge on any atom is 0.262 e. The molecule has 3 N–H and O–H groups in total. The zero-order valence-electron chi connectivity index (χ0n) is 23.8. The molecule has 0 bridgehead atoms. The Hall–Kier alpha value is -1.83. The number of amides is 1. The molecular formula is C32H47F2N3O2. The summed E-state index contributed by atoms with van der Waals surface area (Å²) >= 11 is 0. The number of hydrogen-bond acceptors (Lipinski definition) is 4. The Morgan fingerprint density at radius 2 is 1.82 bits per heavy atom. The minimum atomic E-state index is -2.94. The molecule has 0 aromatic heterocycles. The summed E-state index contributed by atoms with van der Waals surface area (Å²) in [4.78, 5) is 16.3. The standard InChI is InChI=1S/C32H47F2N3O2/c1-30(33,34)22-35-29(38)32(27-14-5-3-12-25(27)26-13-4-6-15-28(26)32)18-7-8-19-37-20-16-24(17-21-37)36-31(2,39)23-10-9-11-23/h3,5,12,14-15,23-24,26,36,39H,4,6-11,13,16-22H2,1-2H3,(H,35,38). The number of likely N-dealkylation sites (tertiary alicyclic amines) is 1. The number of nitrogens with one attached hydrogen (secondary N) is 2. The molecule has 39 heavy (non-hydrogen) atoms. The van der Waals surface area contributed by atoms with Crippen LogP contribution in [0, 0.1) is 5.92 Å². The average Bonchev–Trinajstić information content (AvgIpc) is 3.15. The Morgan fingerprint density at radius 1 is 1.08 bits per heavy atom. The molecule has 5 rings (SSSR count). The number of allylic oxidation sites excluding steroid dienone is 1. The number of alkyl halides is 2. The van der Waals surface area contributed by atoms with E-state index in [1.54, 1.807) is 0 Å². The predicted octanol–water partition coefficient (Wildman–Crippen LogP) is 5.64. The predicted molar refractivity (Wildman–Crippen MR) is 151 cm³/mol. The molecule has 2 fully saturated rings. The van der Waals surface area contributed by atoms with Crippen molar-refractivity contribution in [3.8, 4) is 0 Å². The van der Waals surface area contributed by atoms with Crippen LogP contribution in [0.3, 0.4) is 0 Å². The molecule has 5 nitrogen and oxygen atoms in total. The zero-order chi connectivity index (χ0) is 27.7. The molecule has 1 aromatic rings. The highest BCUT2D eigenvalue weighted by Crippen LogP contribution is 2.56. The third-order valence-corrected chi connectivity index (χ3v) is 9.93. The van der Waals surface area contributed by atoms with Crippen LogP contribution >= 0.6 is 0 Å². The van der Waals surface area contributed by atoms with Gasteiger partial charge < -0.3 is 15.3 Å². The normalized spacial score (nSPS) is 27.7. The van der Waals surface area contributed by atoms with E-state index in [1.807, 2.05) is 19.1 Å². The van der Waals surface area contributed by atoms with Crippen LogP contribution in [0.15, 0.2) is 35.9 Å². The first-order valence-electron chi connectivity index (χ1n) is 15.3. The molecule has 7 heteroatoms. The lowest BCUT2D eigenvalue weighted by Crippen LogP contribution is -2.57. The molecule has 0 radical (unpaired) electrons. The average molecular weight is 544 g/mol. The van der Waals surface area contributed by atoms with Gasteiger partial charge in [-0.15, -0.1) is 0 Å². The quantitative estimate of drug-likeness (QED) is 0.192. The Morgan fingerprint density at radius 3 is 2.51 bits per heavy atom.